The molecule has 0 aliphatic heterocycles. The smallest absolute Gasteiger partial charge is 0.191 e. The Labute approximate surface area is 135 Å². The minimum absolute atomic E-state index is 0.257. The third-order valence-electron chi connectivity index (χ3n) is 3.33. The molecule has 4 heteroatoms. The van der Waals surface area contributed by atoms with Crippen molar-refractivity contribution in [2.24, 2.45) is 4.99 Å². The van der Waals surface area contributed by atoms with Crippen LogP contribution in [0.1, 0.15) is 51.2 Å². The van der Waals surface area contributed by atoms with Gasteiger partial charge in [-0.15, -0.1) is 0 Å². The molecule has 1 aromatic rings. The number of ether oxygens (including phenoxy) is 1. The van der Waals surface area contributed by atoms with E-state index in [9.17, 15) is 0 Å². The highest BCUT2D eigenvalue weighted by molar-refractivity contribution is 5.79. The van der Waals surface area contributed by atoms with Crippen LogP contribution in [0, 0.1) is 0 Å². The molecule has 0 bridgehead atoms. The standard InChI is InChI=1S/C18H31N3O/c1-5-6-7-11-20-18(19-4)21-13-16-9-8-10-17(12-16)14-22-15(2)3/h8-10,12,15H,5-7,11,13-14H2,1-4H3,(H2,19,20,21). The first-order valence-electron chi connectivity index (χ1n) is 8.29. The van der Waals surface area contributed by atoms with Crippen molar-refractivity contribution in [3.8, 4) is 0 Å². The van der Waals surface area contributed by atoms with Crippen molar-refractivity contribution in [2.75, 3.05) is 13.6 Å². The highest BCUT2D eigenvalue weighted by atomic mass is 16.5. The molecule has 0 spiro atoms. The summed E-state index contributed by atoms with van der Waals surface area (Å²) in [5.74, 6) is 0.861. The molecule has 22 heavy (non-hydrogen) atoms. The van der Waals surface area contributed by atoms with Crippen LogP contribution in [0.5, 0.6) is 0 Å². The van der Waals surface area contributed by atoms with Crippen molar-refractivity contribution in [1.82, 2.24) is 10.6 Å². The van der Waals surface area contributed by atoms with Gasteiger partial charge in [0, 0.05) is 20.1 Å². The Morgan fingerprint density at radius 3 is 2.64 bits per heavy atom. The molecule has 1 rings (SSSR count). The zero-order valence-electron chi connectivity index (χ0n) is 14.5. The van der Waals surface area contributed by atoms with Crippen LogP contribution in [-0.4, -0.2) is 25.7 Å². The second-order valence-electron chi connectivity index (χ2n) is 5.74. The van der Waals surface area contributed by atoms with Gasteiger partial charge in [0.25, 0.3) is 0 Å². The first-order chi connectivity index (χ1) is 10.7. The Morgan fingerprint density at radius 2 is 1.95 bits per heavy atom. The second-order valence-corrected chi connectivity index (χ2v) is 5.74. The molecule has 0 aromatic heterocycles. The van der Waals surface area contributed by atoms with E-state index in [-0.39, 0.29) is 6.10 Å². The maximum atomic E-state index is 5.65. The molecule has 4 nitrogen and oxygen atoms in total. The summed E-state index contributed by atoms with van der Waals surface area (Å²) in [6, 6.07) is 8.48. The lowest BCUT2D eigenvalue weighted by Crippen LogP contribution is -2.37. The van der Waals surface area contributed by atoms with Gasteiger partial charge in [-0.05, 0) is 31.4 Å². The molecule has 2 N–H and O–H groups in total. The van der Waals surface area contributed by atoms with Crippen molar-refractivity contribution in [1.29, 1.82) is 0 Å². The fourth-order valence-corrected chi connectivity index (χ4v) is 2.08. The van der Waals surface area contributed by atoms with Crippen molar-refractivity contribution < 1.29 is 4.74 Å². The lowest BCUT2D eigenvalue weighted by Gasteiger charge is -2.13. The van der Waals surface area contributed by atoms with Gasteiger partial charge < -0.3 is 15.4 Å². The van der Waals surface area contributed by atoms with Crippen LogP contribution in [0.3, 0.4) is 0 Å². The van der Waals surface area contributed by atoms with Crippen molar-refractivity contribution in [3.63, 3.8) is 0 Å². The maximum absolute atomic E-state index is 5.65. The molecule has 0 atom stereocenters. The van der Waals surface area contributed by atoms with Crippen LogP contribution in [0.4, 0.5) is 0 Å². The van der Waals surface area contributed by atoms with Gasteiger partial charge in [0.05, 0.1) is 12.7 Å². The summed E-state index contributed by atoms with van der Waals surface area (Å²) in [6.07, 6.45) is 3.92. The van der Waals surface area contributed by atoms with E-state index in [2.05, 4.69) is 60.7 Å². The van der Waals surface area contributed by atoms with Crippen LogP contribution in [0.15, 0.2) is 29.3 Å². The summed E-state index contributed by atoms with van der Waals surface area (Å²) in [5, 5.41) is 6.70. The SMILES string of the molecule is CCCCCNC(=NC)NCc1cccc(COC(C)C)c1. The molecule has 0 aliphatic rings. The first-order valence-corrected chi connectivity index (χ1v) is 8.29. The molecule has 1 aromatic carbocycles. The van der Waals surface area contributed by atoms with Gasteiger partial charge in [-0.2, -0.15) is 0 Å². The fraction of sp³-hybridized carbons (Fsp3) is 0.611. The Bertz CT molecular complexity index is 444. The van der Waals surface area contributed by atoms with Crippen molar-refractivity contribution in [2.45, 2.75) is 59.3 Å². The van der Waals surface area contributed by atoms with E-state index in [0.717, 1.165) is 19.0 Å². The minimum atomic E-state index is 0.257. The van der Waals surface area contributed by atoms with Gasteiger partial charge in [0.15, 0.2) is 5.96 Å². The third-order valence-corrected chi connectivity index (χ3v) is 3.33. The first kappa shape index (κ1) is 18.5. The number of nitrogens with zero attached hydrogens (tertiary/aromatic N) is 1. The molecule has 124 valence electrons. The zero-order chi connectivity index (χ0) is 16.2. The van der Waals surface area contributed by atoms with E-state index in [4.69, 9.17) is 4.74 Å². The highest BCUT2D eigenvalue weighted by Crippen LogP contribution is 2.07. The van der Waals surface area contributed by atoms with E-state index in [1.54, 1.807) is 0 Å². The van der Waals surface area contributed by atoms with E-state index in [1.165, 1.54) is 30.4 Å². The van der Waals surface area contributed by atoms with Gasteiger partial charge in [-0.1, -0.05) is 44.0 Å². The lowest BCUT2D eigenvalue weighted by atomic mass is 10.1. The Balaban J connectivity index is 2.40. The predicted octanol–water partition coefficient (Wildman–Crippen LogP) is 3.47. The third kappa shape index (κ3) is 8.03. The quantitative estimate of drug-likeness (QED) is 0.417. The monoisotopic (exact) mass is 305 g/mol. The average molecular weight is 305 g/mol. The number of aliphatic imine (C=N–C) groups is 1. The maximum Gasteiger partial charge on any atom is 0.191 e. The molecular weight excluding hydrogens is 274 g/mol. The molecule has 0 radical (unpaired) electrons. The van der Waals surface area contributed by atoms with Crippen molar-refractivity contribution in [3.05, 3.63) is 35.4 Å². The minimum Gasteiger partial charge on any atom is -0.374 e. The Kier molecular flexibility index (Phi) is 9.31. The molecule has 0 saturated carbocycles. The number of unbranched alkanes of at least 4 members (excludes halogenated alkanes) is 2. The lowest BCUT2D eigenvalue weighted by molar-refractivity contribution is 0.0657. The summed E-state index contributed by atoms with van der Waals surface area (Å²) < 4.78 is 5.65. The number of nitrogens with one attached hydrogen (secondary N) is 2. The van der Waals surface area contributed by atoms with E-state index in [0.29, 0.717) is 6.61 Å². The molecule has 0 heterocycles. The molecule has 0 unspecified atom stereocenters. The largest absolute Gasteiger partial charge is 0.374 e. The summed E-state index contributed by atoms with van der Waals surface area (Å²) >= 11 is 0. The van der Waals surface area contributed by atoms with Crippen LogP contribution in [-0.2, 0) is 17.9 Å². The Morgan fingerprint density at radius 1 is 1.18 bits per heavy atom. The summed E-state index contributed by atoms with van der Waals surface area (Å²) in [4.78, 5) is 4.25. The average Bonchev–Trinajstić information content (AvgIpc) is 2.52. The van der Waals surface area contributed by atoms with E-state index >= 15 is 0 Å². The van der Waals surface area contributed by atoms with Gasteiger partial charge in [-0.3, -0.25) is 4.99 Å². The number of benzene rings is 1. The summed E-state index contributed by atoms with van der Waals surface area (Å²) in [5.41, 5.74) is 2.44. The number of hydrogen-bond donors (Lipinski definition) is 2. The molecule has 0 fully saturated rings. The summed E-state index contributed by atoms with van der Waals surface area (Å²) in [6.45, 7) is 8.72. The van der Waals surface area contributed by atoms with Gasteiger partial charge in [0.2, 0.25) is 0 Å². The number of rotatable bonds is 9. The zero-order valence-corrected chi connectivity index (χ0v) is 14.5. The number of hydrogen-bond acceptors (Lipinski definition) is 2. The van der Waals surface area contributed by atoms with Gasteiger partial charge in [-0.25, -0.2) is 0 Å². The number of guanidine groups is 1. The predicted molar refractivity (Wildman–Crippen MR) is 94.1 cm³/mol. The van der Waals surface area contributed by atoms with Crippen molar-refractivity contribution >= 4 is 5.96 Å². The van der Waals surface area contributed by atoms with Crippen LogP contribution >= 0.6 is 0 Å². The van der Waals surface area contributed by atoms with Crippen LogP contribution in [0.2, 0.25) is 0 Å². The van der Waals surface area contributed by atoms with E-state index in [1.807, 2.05) is 7.05 Å². The molecule has 0 amide bonds. The summed E-state index contributed by atoms with van der Waals surface area (Å²) in [7, 11) is 1.81. The van der Waals surface area contributed by atoms with Crippen LogP contribution < -0.4 is 10.6 Å². The van der Waals surface area contributed by atoms with Gasteiger partial charge in [0.1, 0.15) is 0 Å². The fourth-order valence-electron chi connectivity index (χ4n) is 2.08. The molecule has 0 aliphatic carbocycles. The highest BCUT2D eigenvalue weighted by Gasteiger charge is 2.01. The van der Waals surface area contributed by atoms with Gasteiger partial charge >= 0.3 is 0 Å². The Hall–Kier alpha value is -1.55. The second kappa shape index (κ2) is 11.1. The van der Waals surface area contributed by atoms with Crippen LogP contribution in [0.25, 0.3) is 0 Å². The molecule has 0 saturated heterocycles. The van der Waals surface area contributed by atoms with E-state index < -0.39 is 0 Å². The topological polar surface area (TPSA) is 45.7 Å². The normalized spacial score (nSPS) is 11.8. The molecular formula is C18H31N3O.